The monoisotopic (exact) mass is 483 g/mol. The first kappa shape index (κ1) is 24.6. The molecular formula is C27H34ClN3O3. The zero-order valence-corrected chi connectivity index (χ0v) is 21.4. The summed E-state index contributed by atoms with van der Waals surface area (Å²) >= 11 is 6.40. The number of amides is 1. The van der Waals surface area contributed by atoms with Crippen molar-refractivity contribution in [2.24, 2.45) is 7.05 Å². The van der Waals surface area contributed by atoms with Gasteiger partial charge in [-0.1, -0.05) is 41.9 Å². The molecular weight excluding hydrogens is 450 g/mol. The van der Waals surface area contributed by atoms with Gasteiger partial charge in [-0.2, -0.15) is 5.10 Å². The summed E-state index contributed by atoms with van der Waals surface area (Å²) in [6.07, 6.45) is 3.14. The van der Waals surface area contributed by atoms with Crippen molar-refractivity contribution < 1.29 is 14.3 Å². The zero-order valence-electron chi connectivity index (χ0n) is 20.7. The maximum atomic E-state index is 12.6. The normalized spacial score (nSPS) is 17.1. The van der Waals surface area contributed by atoms with Gasteiger partial charge in [-0.05, 0) is 58.2 Å². The first-order valence-electron chi connectivity index (χ1n) is 11.8. The van der Waals surface area contributed by atoms with Gasteiger partial charge < -0.3 is 14.4 Å². The molecule has 7 heteroatoms. The van der Waals surface area contributed by atoms with Crippen molar-refractivity contribution in [2.45, 2.75) is 57.7 Å². The number of carbonyl (C=O) groups is 1. The number of carbonyl (C=O) groups excluding carboxylic acids is 1. The smallest absolute Gasteiger partial charge is 0.410 e. The number of ether oxygens (including phenoxy) is 2. The van der Waals surface area contributed by atoms with Gasteiger partial charge >= 0.3 is 6.09 Å². The van der Waals surface area contributed by atoms with Crippen LogP contribution < -0.4 is 0 Å². The van der Waals surface area contributed by atoms with Crippen LogP contribution >= 0.6 is 11.6 Å². The average molecular weight is 484 g/mol. The third-order valence-corrected chi connectivity index (χ3v) is 6.74. The number of fused-ring (bicyclic) bond motifs is 1. The molecule has 1 aromatic heterocycles. The Kier molecular flexibility index (Phi) is 6.92. The van der Waals surface area contributed by atoms with E-state index in [0.29, 0.717) is 24.7 Å². The van der Waals surface area contributed by atoms with E-state index in [1.165, 1.54) is 5.56 Å². The summed E-state index contributed by atoms with van der Waals surface area (Å²) in [6.45, 7) is 9.54. The number of aromatic nitrogens is 2. The lowest BCUT2D eigenvalue weighted by atomic mass is 9.73. The Hall–Kier alpha value is -2.57. The highest BCUT2D eigenvalue weighted by Gasteiger charge is 2.39. The van der Waals surface area contributed by atoms with Crippen LogP contribution in [-0.2, 0) is 21.9 Å². The van der Waals surface area contributed by atoms with Crippen LogP contribution in [0.1, 0.15) is 57.8 Å². The number of hydrogen-bond donors (Lipinski definition) is 0. The van der Waals surface area contributed by atoms with Gasteiger partial charge in [0.1, 0.15) is 5.60 Å². The molecule has 0 aliphatic carbocycles. The molecule has 0 N–H and O–H groups in total. The van der Waals surface area contributed by atoms with E-state index in [1.807, 2.05) is 64.0 Å². The van der Waals surface area contributed by atoms with Crippen molar-refractivity contribution in [1.82, 2.24) is 14.7 Å². The van der Waals surface area contributed by atoms with Gasteiger partial charge in [-0.25, -0.2) is 4.79 Å². The number of piperidine rings is 1. The molecule has 1 aliphatic heterocycles. The first-order chi connectivity index (χ1) is 16.1. The summed E-state index contributed by atoms with van der Waals surface area (Å²) in [4.78, 5) is 14.4. The number of hydrogen-bond acceptors (Lipinski definition) is 4. The minimum Gasteiger partial charge on any atom is -0.444 e. The van der Waals surface area contributed by atoms with E-state index in [1.54, 1.807) is 4.68 Å². The van der Waals surface area contributed by atoms with Gasteiger partial charge in [-0.3, -0.25) is 4.68 Å². The van der Waals surface area contributed by atoms with Crippen LogP contribution in [0, 0.1) is 0 Å². The molecule has 1 amide bonds. The van der Waals surface area contributed by atoms with Crippen molar-refractivity contribution in [3.05, 3.63) is 64.8 Å². The van der Waals surface area contributed by atoms with E-state index in [2.05, 4.69) is 29.4 Å². The second-order valence-corrected chi connectivity index (χ2v) is 10.7. The molecule has 34 heavy (non-hydrogen) atoms. The minimum atomic E-state index is -0.503. The Morgan fingerprint density at radius 2 is 1.85 bits per heavy atom. The maximum absolute atomic E-state index is 12.6. The predicted octanol–water partition coefficient (Wildman–Crippen LogP) is 6.27. The number of halogens is 1. The van der Waals surface area contributed by atoms with Crippen molar-refractivity contribution in [3.63, 3.8) is 0 Å². The van der Waals surface area contributed by atoms with Crippen LogP contribution in [0.5, 0.6) is 0 Å². The van der Waals surface area contributed by atoms with Gasteiger partial charge in [-0.15, -0.1) is 0 Å². The standard InChI is InChI=1S/C27H34ClN3O3/c1-19(23-16-22(28)15-20-17-30(5)29-24(20)23)33-18-27(21-9-7-6-8-10-21)11-13-31(14-12-27)25(32)34-26(2,3)4/h6-10,15-17,19H,11-14,18H2,1-5H3. The Labute approximate surface area is 206 Å². The molecule has 1 atom stereocenters. The Bertz CT molecular complexity index is 1150. The van der Waals surface area contributed by atoms with Crippen molar-refractivity contribution in [3.8, 4) is 0 Å². The molecule has 0 bridgehead atoms. The summed E-state index contributed by atoms with van der Waals surface area (Å²) in [5.74, 6) is 0. The van der Waals surface area contributed by atoms with Crippen LogP contribution in [-0.4, -0.2) is 46.1 Å². The Morgan fingerprint density at radius 3 is 2.50 bits per heavy atom. The average Bonchev–Trinajstić information content (AvgIpc) is 3.16. The van der Waals surface area contributed by atoms with E-state index in [-0.39, 0.29) is 17.6 Å². The third-order valence-electron chi connectivity index (χ3n) is 6.52. The molecule has 1 unspecified atom stereocenters. The van der Waals surface area contributed by atoms with E-state index >= 15 is 0 Å². The van der Waals surface area contributed by atoms with Gasteiger partial charge in [0, 0.05) is 47.7 Å². The zero-order chi connectivity index (χ0) is 24.5. The number of nitrogens with zero attached hydrogens (tertiary/aromatic N) is 3. The second-order valence-electron chi connectivity index (χ2n) is 10.3. The number of aryl methyl sites for hydroxylation is 1. The molecule has 4 rings (SSSR count). The summed E-state index contributed by atoms with van der Waals surface area (Å²) in [6, 6.07) is 14.4. The largest absolute Gasteiger partial charge is 0.444 e. The van der Waals surface area contributed by atoms with E-state index in [0.717, 1.165) is 29.3 Å². The molecule has 0 spiro atoms. The molecule has 0 radical (unpaired) electrons. The Morgan fingerprint density at radius 1 is 1.18 bits per heavy atom. The lowest BCUT2D eigenvalue weighted by molar-refractivity contribution is -0.00932. The minimum absolute atomic E-state index is 0.180. The van der Waals surface area contributed by atoms with Crippen LogP contribution in [0.15, 0.2) is 48.7 Å². The topological polar surface area (TPSA) is 56.6 Å². The lowest BCUT2D eigenvalue weighted by Gasteiger charge is -2.42. The maximum Gasteiger partial charge on any atom is 0.410 e. The van der Waals surface area contributed by atoms with Crippen molar-refractivity contribution in [2.75, 3.05) is 19.7 Å². The highest BCUT2D eigenvalue weighted by molar-refractivity contribution is 6.31. The highest BCUT2D eigenvalue weighted by Crippen LogP contribution is 2.38. The molecule has 3 aromatic rings. The fraction of sp³-hybridized carbons (Fsp3) is 0.481. The van der Waals surface area contributed by atoms with E-state index in [9.17, 15) is 4.79 Å². The summed E-state index contributed by atoms with van der Waals surface area (Å²) in [5.41, 5.74) is 2.44. The summed E-state index contributed by atoms with van der Waals surface area (Å²) < 4.78 is 13.9. The fourth-order valence-corrected chi connectivity index (χ4v) is 4.92. The molecule has 2 heterocycles. The van der Waals surface area contributed by atoms with Crippen LogP contribution in [0.2, 0.25) is 5.02 Å². The van der Waals surface area contributed by atoms with Gasteiger partial charge in [0.05, 0.1) is 18.2 Å². The molecule has 1 fully saturated rings. The number of benzene rings is 2. The van der Waals surface area contributed by atoms with Gasteiger partial charge in [0.25, 0.3) is 0 Å². The van der Waals surface area contributed by atoms with Crippen LogP contribution in [0.25, 0.3) is 10.9 Å². The van der Waals surface area contributed by atoms with Crippen LogP contribution in [0.3, 0.4) is 0 Å². The molecule has 6 nitrogen and oxygen atoms in total. The highest BCUT2D eigenvalue weighted by atomic mass is 35.5. The fourth-order valence-electron chi connectivity index (χ4n) is 4.68. The lowest BCUT2D eigenvalue weighted by Crippen LogP contribution is -2.48. The van der Waals surface area contributed by atoms with E-state index in [4.69, 9.17) is 21.1 Å². The van der Waals surface area contributed by atoms with Crippen LogP contribution in [0.4, 0.5) is 4.79 Å². The molecule has 1 saturated heterocycles. The third kappa shape index (κ3) is 5.39. The van der Waals surface area contributed by atoms with Crippen molar-refractivity contribution >= 4 is 28.6 Å². The number of likely N-dealkylation sites (tertiary alicyclic amines) is 1. The number of rotatable bonds is 5. The SMILES string of the molecule is CC(OCC1(c2ccccc2)CCN(C(=O)OC(C)(C)C)CC1)c1cc(Cl)cc2cn(C)nc12. The second kappa shape index (κ2) is 9.59. The van der Waals surface area contributed by atoms with Crippen molar-refractivity contribution in [1.29, 1.82) is 0 Å². The quantitative estimate of drug-likeness (QED) is 0.429. The van der Waals surface area contributed by atoms with Gasteiger partial charge in [0.15, 0.2) is 0 Å². The van der Waals surface area contributed by atoms with Gasteiger partial charge in [0.2, 0.25) is 0 Å². The molecule has 0 saturated carbocycles. The predicted molar refractivity (Wildman–Crippen MR) is 135 cm³/mol. The molecule has 1 aliphatic rings. The molecule has 182 valence electrons. The summed E-state index contributed by atoms with van der Waals surface area (Å²) in [7, 11) is 1.91. The Balaban J connectivity index is 1.53. The van der Waals surface area contributed by atoms with E-state index < -0.39 is 5.60 Å². The molecule has 2 aromatic carbocycles. The summed E-state index contributed by atoms with van der Waals surface area (Å²) in [5, 5.41) is 6.30. The first-order valence-corrected chi connectivity index (χ1v) is 12.2.